The number of hydrogen-bond donors (Lipinski definition) is 2. The number of carbonyl (C=O) groups excluding carboxylic acids is 1. The van der Waals surface area contributed by atoms with Crippen LogP contribution in [0.25, 0.3) is 0 Å². The van der Waals surface area contributed by atoms with Crippen LogP contribution in [0, 0.1) is 0 Å². The Balaban J connectivity index is 2.16. The molecule has 2 aromatic rings. The molecule has 19 heavy (non-hydrogen) atoms. The fraction of sp³-hybridized carbons (Fsp3) is 0.143. The van der Waals surface area contributed by atoms with Gasteiger partial charge in [-0.3, -0.25) is 9.59 Å². The lowest BCUT2D eigenvalue weighted by Crippen LogP contribution is -2.35. The van der Waals surface area contributed by atoms with Crippen LogP contribution >= 0.6 is 0 Å². The Labute approximate surface area is 110 Å². The average molecular weight is 258 g/mol. The molecule has 0 aliphatic rings. The number of benzene rings is 1. The van der Waals surface area contributed by atoms with Gasteiger partial charge in [0.05, 0.1) is 0 Å². The van der Waals surface area contributed by atoms with E-state index < -0.39 is 5.97 Å². The van der Waals surface area contributed by atoms with Crippen molar-refractivity contribution in [3.8, 4) is 0 Å². The summed E-state index contributed by atoms with van der Waals surface area (Å²) in [6.07, 6.45) is 1.63. The highest BCUT2D eigenvalue weighted by molar-refractivity contribution is 5.94. The van der Waals surface area contributed by atoms with Crippen molar-refractivity contribution in [3.05, 3.63) is 59.9 Å². The minimum atomic E-state index is -1.03. The minimum Gasteiger partial charge on any atom is -0.480 e. The Morgan fingerprint density at radius 3 is 2.42 bits per heavy atom. The number of nitrogens with zero attached hydrogens (tertiary/aromatic N) is 1. The van der Waals surface area contributed by atoms with Crippen LogP contribution in [0.3, 0.4) is 0 Å². The van der Waals surface area contributed by atoms with Gasteiger partial charge in [-0.1, -0.05) is 30.3 Å². The fourth-order valence-electron chi connectivity index (χ4n) is 1.80. The molecule has 0 fully saturated rings. The number of H-pyrrole nitrogens is 1. The Morgan fingerprint density at radius 1 is 1.11 bits per heavy atom. The molecular formula is C14H14N2O3. The molecule has 0 saturated heterocycles. The molecule has 98 valence electrons. The van der Waals surface area contributed by atoms with E-state index in [2.05, 4.69) is 4.98 Å². The molecule has 5 nitrogen and oxygen atoms in total. The number of nitrogens with one attached hydrogen (secondary N) is 1. The molecule has 1 heterocycles. The highest BCUT2D eigenvalue weighted by atomic mass is 16.4. The van der Waals surface area contributed by atoms with Gasteiger partial charge < -0.3 is 15.0 Å². The first-order valence-corrected chi connectivity index (χ1v) is 5.85. The van der Waals surface area contributed by atoms with Crippen molar-refractivity contribution in [1.82, 2.24) is 9.88 Å². The maximum atomic E-state index is 12.2. The maximum Gasteiger partial charge on any atom is 0.323 e. The van der Waals surface area contributed by atoms with Gasteiger partial charge >= 0.3 is 5.97 Å². The summed E-state index contributed by atoms with van der Waals surface area (Å²) in [6.45, 7) is -0.0578. The van der Waals surface area contributed by atoms with E-state index in [9.17, 15) is 9.59 Å². The molecule has 0 saturated carbocycles. The third-order valence-corrected chi connectivity index (χ3v) is 2.66. The quantitative estimate of drug-likeness (QED) is 0.858. The monoisotopic (exact) mass is 258 g/mol. The van der Waals surface area contributed by atoms with Crippen molar-refractivity contribution in [2.75, 3.05) is 6.54 Å². The van der Waals surface area contributed by atoms with E-state index >= 15 is 0 Å². The zero-order valence-corrected chi connectivity index (χ0v) is 10.2. The fourth-order valence-corrected chi connectivity index (χ4v) is 1.80. The highest BCUT2D eigenvalue weighted by Gasteiger charge is 2.19. The molecule has 0 atom stereocenters. The van der Waals surface area contributed by atoms with Gasteiger partial charge in [0.2, 0.25) is 0 Å². The van der Waals surface area contributed by atoms with Gasteiger partial charge in [-0.15, -0.1) is 0 Å². The third-order valence-electron chi connectivity index (χ3n) is 2.66. The first-order chi connectivity index (χ1) is 9.16. The molecular weight excluding hydrogens is 244 g/mol. The van der Waals surface area contributed by atoms with Crippen molar-refractivity contribution in [2.45, 2.75) is 6.54 Å². The molecule has 0 spiro atoms. The summed E-state index contributed by atoms with van der Waals surface area (Å²) in [5, 5.41) is 8.90. The summed E-state index contributed by atoms with van der Waals surface area (Å²) in [5.74, 6) is -1.35. The Kier molecular flexibility index (Phi) is 3.97. The predicted molar refractivity (Wildman–Crippen MR) is 69.6 cm³/mol. The van der Waals surface area contributed by atoms with Gasteiger partial charge in [-0.2, -0.15) is 0 Å². The number of rotatable bonds is 5. The van der Waals surface area contributed by atoms with Gasteiger partial charge in [0, 0.05) is 12.7 Å². The standard InChI is InChI=1S/C14H14N2O3/c17-13(18)10-16(9-11-5-2-1-3-6-11)14(19)12-7-4-8-15-12/h1-8,15H,9-10H2,(H,17,18). The zero-order chi connectivity index (χ0) is 13.7. The van der Waals surface area contributed by atoms with E-state index in [1.54, 1.807) is 18.3 Å². The molecule has 1 aromatic carbocycles. The smallest absolute Gasteiger partial charge is 0.323 e. The van der Waals surface area contributed by atoms with Crippen LogP contribution in [0.5, 0.6) is 0 Å². The maximum absolute atomic E-state index is 12.2. The second kappa shape index (κ2) is 5.86. The molecule has 0 aliphatic heterocycles. The number of aromatic nitrogens is 1. The highest BCUT2D eigenvalue weighted by Crippen LogP contribution is 2.08. The molecule has 5 heteroatoms. The van der Waals surface area contributed by atoms with Gasteiger partial charge in [0.25, 0.3) is 5.91 Å². The van der Waals surface area contributed by atoms with Crippen LogP contribution in [0.2, 0.25) is 0 Å². The van der Waals surface area contributed by atoms with Gasteiger partial charge in [-0.05, 0) is 17.7 Å². The summed E-state index contributed by atoms with van der Waals surface area (Å²) >= 11 is 0. The number of carboxylic acids is 1. The lowest BCUT2D eigenvalue weighted by atomic mass is 10.2. The number of carboxylic acid groups (broad SMARTS) is 1. The summed E-state index contributed by atoms with van der Waals surface area (Å²) in [7, 11) is 0. The topological polar surface area (TPSA) is 73.4 Å². The zero-order valence-electron chi connectivity index (χ0n) is 10.2. The van der Waals surface area contributed by atoms with E-state index in [-0.39, 0.29) is 19.0 Å². The van der Waals surface area contributed by atoms with E-state index in [0.29, 0.717) is 5.69 Å². The van der Waals surface area contributed by atoms with Crippen LogP contribution in [0.15, 0.2) is 48.7 Å². The Morgan fingerprint density at radius 2 is 1.84 bits per heavy atom. The molecule has 0 unspecified atom stereocenters. The normalized spacial score (nSPS) is 10.1. The molecule has 1 aromatic heterocycles. The molecule has 2 N–H and O–H groups in total. The number of hydrogen-bond acceptors (Lipinski definition) is 2. The molecule has 0 aliphatic carbocycles. The van der Waals surface area contributed by atoms with Gasteiger partial charge in [0.1, 0.15) is 12.2 Å². The van der Waals surface area contributed by atoms with Crippen LogP contribution in [0.4, 0.5) is 0 Å². The van der Waals surface area contributed by atoms with Crippen molar-refractivity contribution >= 4 is 11.9 Å². The molecule has 0 radical (unpaired) electrons. The van der Waals surface area contributed by atoms with Crippen molar-refractivity contribution in [3.63, 3.8) is 0 Å². The van der Waals surface area contributed by atoms with E-state index in [4.69, 9.17) is 5.11 Å². The van der Waals surface area contributed by atoms with Crippen molar-refractivity contribution < 1.29 is 14.7 Å². The van der Waals surface area contributed by atoms with Crippen LogP contribution in [-0.4, -0.2) is 33.4 Å². The molecule has 1 amide bonds. The Bertz CT molecular complexity index is 549. The van der Waals surface area contributed by atoms with Crippen LogP contribution in [-0.2, 0) is 11.3 Å². The van der Waals surface area contributed by atoms with Gasteiger partial charge in [0.15, 0.2) is 0 Å². The Hall–Kier alpha value is -2.56. The SMILES string of the molecule is O=C(O)CN(Cc1ccccc1)C(=O)c1ccc[nH]1. The predicted octanol–water partition coefficient (Wildman–Crippen LogP) is 1.74. The number of amides is 1. The minimum absolute atomic E-state index is 0.269. The lowest BCUT2D eigenvalue weighted by molar-refractivity contribution is -0.137. The van der Waals surface area contributed by atoms with Crippen LogP contribution in [0.1, 0.15) is 16.1 Å². The van der Waals surface area contributed by atoms with Gasteiger partial charge in [-0.25, -0.2) is 0 Å². The summed E-state index contributed by atoms with van der Waals surface area (Å²) in [5.41, 5.74) is 1.28. The van der Waals surface area contributed by atoms with Crippen molar-refractivity contribution in [2.24, 2.45) is 0 Å². The second-order valence-corrected chi connectivity index (χ2v) is 4.12. The first kappa shape index (κ1) is 12.9. The third kappa shape index (κ3) is 3.45. The van der Waals surface area contributed by atoms with Crippen molar-refractivity contribution in [1.29, 1.82) is 0 Å². The van der Waals surface area contributed by atoms with Crippen LogP contribution < -0.4 is 0 Å². The average Bonchev–Trinajstić information content (AvgIpc) is 2.91. The number of aromatic amines is 1. The molecule has 2 rings (SSSR count). The second-order valence-electron chi connectivity index (χ2n) is 4.12. The first-order valence-electron chi connectivity index (χ1n) is 5.85. The van der Waals surface area contributed by atoms with E-state index in [0.717, 1.165) is 5.56 Å². The number of carbonyl (C=O) groups is 2. The number of aliphatic carboxylic acids is 1. The summed E-state index contributed by atoms with van der Waals surface area (Å²) in [6, 6.07) is 12.6. The summed E-state index contributed by atoms with van der Waals surface area (Å²) in [4.78, 5) is 27.1. The summed E-state index contributed by atoms with van der Waals surface area (Å²) < 4.78 is 0. The largest absolute Gasteiger partial charge is 0.480 e. The lowest BCUT2D eigenvalue weighted by Gasteiger charge is -2.20. The molecule has 0 bridgehead atoms. The van der Waals surface area contributed by atoms with E-state index in [1.807, 2.05) is 30.3 Å². The van der Waals surface area contributed by atoms with E-state index in [1.165, 1.54) is 4.90 Å².